The molecule has 0 amide bonds. The summed E-state index contributed by atoms with van der Waals surface area (Å²) < 4.78 is 0.791. The maximum Gasteiger partial charge on any atom is 0.304 e. The van der Waals surface area contributed by atoms with Gasteiger partial charge in [0.1, 0.15) is 5.82 Å². The van der Waals surface area contributed by atoms with Crippen molar-refractivity contribution >= 4 is 39.1 Å². The van der Waals surface area contributed by atoms with Crippen LogP contribution >= 0.6 is 15.9 Å². The Labute approximate surface area is 146 Å². The smallest absolute Gasteiger partial charge is 0.304 e. The number of fused-ring (bicyclic) bond motifs is 1. The monoisotopic (exact) mass is 391 g/mol. The molecule has 1 unspecified atom stereocenters. The molecule has 1 aliphatic rings. The van der Waals surface area contributed by atoms with Crippen LogP contribution in [0.3, 0.4) is 0 Å². The number of hydrogen-bond donors (Lipinski definition) is 1. The summed E-state index contributed by atoms with van der Waals surface area (Å²) in [5, 5.41) is 20.1. The number of rotatable bonds is 4. The fourth-order valence-electron chi connectivity index (χ4n) is 3.03. The van der Waals surface area contributed by atoms with E-state index in [4.69, 9.17) is 5.11 Å². The molecular weight excluding hydrogens is 378 g/mol. The molecule has 8 heteroatoms. The Morgan fingerprint density at radius 2 is 2.25 bits per heavy atom. The van der Waals surface area contributed by atoms with Crippen LogP contribution in [0.4, 0.5) is 17.2 Å². The molecule has 0 saturated carbocycles. The number of non-ortho nitro benzene ring substituents is 1. The zero-order valence-electron chi connectivity index (χ0n) is 12.8. The Bertz CT molecular complexity index is 840. The van der Waals surface area contributed by atoms with E-state index < -0.39 is 10.9 Å². The molecule has 0 aliphatic carbocycles. The normalized spacial score (nSPS) is 16.1. The highest BCUT2D eigenvalue weighted by molar-refractivity contribution is 9.10. The minimum atomic E-state index is -0.867. The Morgan fingerprint density at radius 3 is 2.88 bits per heavy atom. The highest BCUT2D eigenvalue weighted by atomic mass is 79.9. The molecule has 1 N–H and O–H groups in total. The number of aliphatic carboxylic acids is 1. The molecule has 0 fully saturated rings. The van der Waals surface area contributed by atoms with E-state index in [1.165, 1.54) is 12.1 Å². The van der Waals surface area contributed by atoms with E-state index in [1.807, 2.05) is 11.0 Å². The molecule has 2 heterocycles. The summed E-state index contributed by atoms with van der Waals surface area (Å²) in [5.74, 6) is -0.355. The quantitative estimate of drug-likeness (QED) is 0.629. The molecule has 124 valence electrons. The number of nitro groups is 1. The van der Waals surface area contributed by atoms with Crippen LogP contribution in [0.1, 0.15) is 23.5 Å². The lowest BCUT2D eigenvalue weighted by Gasteiger charge is -2.21. The molecule has 1 aromatic heterocycles. The number of halogens is 1. The van der Waals surface area contributed by atoms with Crippen LogP contribution in [0.5, 0.6) is 0 Å². The maximum atomic E-state index is 11.2. The van der Waals surface area contributed by atoms with Gasteiger partial charge in [-0.15, -0.1) is 0 Å². The number of pyridine rings is 1. The van der Waals surface area contributed by atoms with Crippen LogP contribution in [-0.4, -0.2) is 27.5 Å². The van der Waals surface area contributed by atoms with Gasteiger partial charge in [-0.2, -0.15) is 0 Å². The zero-order valence-corrected chi connectivity index (χ0v) is 14.4. The van der Waals surface area contributed by atoms with Gasteiger partial charge in [0.05, 0.1) is 11.3 Å². The van der Waals surface area contributed by atoms with Crippen molar-refractivity contribution in [1.82, 2.24) is 4.98 Å². The first-order chi connectivity index (χ1) is 11.4. The van der Waals surface area contributed by atoms with Gasteiger partial charge in [-0.1, -0.05) is 0 Å². The average Bonchev–Trinajstić information content (AvgIpc) is 2.84. The van der Waals surface area contributed by atoms with Gasteiger partial charge in [-0.3, -0.25) is 14.9 Å². The summed E-state index contributed by atoms with van der Waals surface area (Å²) in [7, 11) is 0. The van der Waals surface area contributed by atoms with Crippen molar-refractivity contribution in [3.05, 3.63) is 56.2 Å². The SMILES string of the molecule is Cc1cc([N+](=O)[O-])ccc1N1CC(CC(=O)O)c2cc(Br)cnc21. The van der Waals surface area contributed by atoms with Crippen molar-refractivity contribution in [2.45, 2.75) is 19.3 Å². The van der Waals surface area contributed by atoms with E-state index in [9.17, 15) is 14.9 Å². The lowest BCUT2D eigenvalue weighted by Crippen LogP contribution is -2.18. The van der Waals surface area contributed by atoms with Gasteiger partial charge in [0, 0.05) is 46.5 Å². The van der Waals surface area contributed by atoms with Crippen molar-refractivity contribution < 1.29 is 14.8 Å². The predicted octanol–water partition coefficient (Wildman–Crippen LogP) is 3.77. The molecule has 0 spiro atoms. The number of nitro benzene ring substituents is 1. The van der Waals surface area contributed by atoms with Gasteiger partial charge in [0.15, 0.2) is 0 Å². The largest absolute Gasteiger partial charge is 0.481 e. The first-order valence-electron chi connectivity index (χ1n) is 7.26. The molecule has 24 heavy (non-hydrogen) atoms. The minimum Gasteiger partial charge on any atom is -0.481 e. The third kappa shape index (κ3) is 2.96. The second-order valence-electron chi connectivity index (χ2n) is 5.70. The molecule has 3 rings (SSSR count). The van der Waals surface area contributed by atoms with Crippen molar-refractivity contribution in [2.24, 2.45) is 0 Å². The van der Waals surface area contributed by atoms with Gasteiger partial charge in [-0.25, -0.2) is 4.98 Å². The predicted molar refractivity (Wildman–Crippen MR) is 91.8 cm³/mol. The van der Waals surface area contributed by atoms with Crippen LogP contribution in [-0.2, 0) is 4.79 Å². The van der Waals surface area contributed by atoms with E-state index in [1.54, 1.807) is 19.2 Å². The van der Waals surface area contributed by atoms with Crippen LogP contribution in [0.15, 0.2) is 34.9 Å². The molecular formula is C16H14BrN3O4. The number of aromatic nitrogens is 1. The van der Waals surface area contributed by atoms with E-state index in [0.29, 0.717) is 12.4 Å². The second-order valence-corrected chi connectivity index (χ2v) is 6.62. The maximum absolute atomic E-state index is 11.2. The molecule has 2 aromatic rings. The molecule has 0 bridgehead atoms. The summed E-state index contributed by atoms with van der Waals surface area (Å²) in [4.78, 5) is 28.0. The average molecular weight is 392 g/mol. The number of carbonyl (C=O) groups is 1. The number of carboxylic acids is 1. The second kappa shape index (κ2) is 6.20. The van der Waals surface area contributed by atoms with Crippen molar-refractivity contribution in [2.75, 3.05) is 11.4 Å². The Balaban J connectivity index is 2.04. The number of carboxylic acid groups (broad SMARTS) is 1. The van der Waals surface area contributed by atoms with E-state index in [0.717, 1.165) is 21.3 Å². The fourth-order valence-corrected chi connectivity index (χ4v) is 3.38. The minimum absolute atomic E-state index is 0.00760. The van der Waals surface area contributed by atoms with Crippen LogP contribution < -0.4 is 4.90 Å². The molecule has 1 aliphatic heterocycles. The lowest BCUT2D eigenvalue weighted by atomic mass is 10.00. The summed E-state index contributed by atoms with van der Waals surface area (Å²) in [6.45, 7) is 2.27. The van der Waals surface area contributed by atoms with Crippen molar-refractivity contribution in [1.29, 1.82) is 0 Å². The van der Waals surface area contributed by atoms with E-state index in [2.05, 4.69) is 20.9 Å². The number of anilines is 2. The third-order valence-electron chi connectivity index (χ3n) is 4.06. The Kier molecular flexibility index (Phi) is 4.23. The van der Waals surface area contributed by atoms with Gasteiger partial charge in [0.25, 0.3) is 5.69 Å². The summed E-state index contributed by atoms with van der Waals surface area (Å²) >= 11 is 3.37. The summed E-state index contributed by atoms with van der Waals surface area (Å²) in [6, 6.07) is 6.53. The number of nitrogens with zero attached hydrogens (tertiary/aromatic N) is 3. The van der Waals surface area contributed by atoms with Crippen molar-refractivity contribution in [3.8, 4) is 0 Å². The topological polar surface area (TPSA) is 96.6 Å². The molecule has 0 radical (unpaired) electrons. The molecule has 1 atom stereocenters. The van der Waals surface area contributed by atoms with Gasteiger partial charge in [-0.05, 0) is 40.5 Å². The first-order valence-corrected chi connectivity index (χ1v) is 8.06. The van der Waals surface area contributed by atoms with Gasteiger partial charge < -0.3 is 10.0 Å². The highest BCUT2D eigenvalue weighted by Gasteiger charge is 2.33. The van der Waals surface area contributed by atoms with E-state index in [-0.39, 0.29) is 18.0 Å². The molecule has 7 nitrogen and oxygen atoms in total. The lowest BCUT2D eigenvalue weighted by molar-refractivity contribution is -0.384. The first kappa shape index (κ1) is 16.4. The fraction of sp³-hybridized carbons (Fsp3) is 0.250. The zero-order chi connectivity index (χ0) is 17.4. The van der Waals surface area contributed by atoms with Crippen LogP contribution in [0, 0.1) is 17.0 Å². The third-order valence-corrected chi connectivity index (χ3v) is 4.50. The van der Waals surface area contributed by atoms with Crippen LogP contribution in [0.2, 0.25) is 0 Å². The highest BCUT2D eigenvalue weighted by Crippen LogP contribution is 2.43. The summed E-state index contributed by atoms with van der Waals surface area (Å²) in [5.41, 5.74) is 2.44. The number of aryl methyl sites for hydroxylation is 1. The van der Waals surface area contributed by atoms with Crippen molar-refractivity contribution in [3.63, 3.8) is 0 Å². The standard InChI is InChI=1S/C16H14BrN3O4/c1-9-4-12(20(23)24)2-3-14(9)19-8-10(5-15(21)22)13-6-11(17)7-18-16(13)19/h2-4,6-7,10H,5,8H2,1H3,(H,21,22). The summed E-state index contributed by atoms with van der Waals surface area (Å²) in [6.07, 6.45) is 1.67. The molecule has 1 aromatic carbocycles. The number of benzene rings is 1. The van der Waals surface area contributed by atoms with Gasteiger partial charge in [0.2, 0.25) is 0 Å². The molecule has 0 saturated heterocycles. The number of hydrogen-bond acceptors (Lipinski definition) is 5. The Hall–Kier alpha value is -2.48. The van der Waals surface area contributed by atoms with E-state index >= 15 is 0 Å². The van der Waals surface area contributed by atoms with Gasteiger partial charge >= 0.3 is 5.97 Å². The van der Waals surface area contributed by atoms with Crippen LogP contribution in [0.25, 0.3) is 0 Å². The Morgan fingerprint density at radius 1 is 1.50 bits per heavy atom.